The van der Waals surface area contributed by atoms with Gasteiger partial charge in [-0.3, -0.25) is 5.32 Å². The highest BCUT2D eigenvalue weighted by molar-refractivity contribution is 5.88. The fraction of sp³-hybridized carbons (Fsp3) is 0.643. The zero-order valence-corrected chi connectivity index (χ0v) is 13.1. The lowest BCUT2D eigenvalue weighted by atomic mass is 10.3. The van der Waals surface area contributed by atoms with Gasteiger partial charge in [-0.15, -0.1) is 0 Å². The van der Waals surface area contributed by atoms with Crippen LogP contribution in [0.1, 0.15) is 25.5 Å². The first kappa shape index (κ1) is 16.1. The third-order valence-corrected chi connectivity index (χ3v) is 3.30. The molecule has 0 aromatic carbocycles. The van der Waals surface area contributed by atoms with Gasteiger partial charge in [0.25, 0.3) is 0 Å². The van der Waals surface area contributed by atoms with Gasteiger partial charge < -0.3 is 15.0 Å². The molecule has 1 aromatic heterocycles. The fourth-order valence-electron chi connectivity index (χ4n) is 2.29. The van der Waals surface area contributed by atoms with E-state index in [-0.39, 0.29) is 12.1 Å². The highest BCUT2D eigenvalue weighted by atomic mass is 16.6. The van der Waals surface area contributed by atoms with Gasteiger partial charge >= 0.3 is 12.1 Å². The van der Waals surface area contributed by atoms with Gasteiger partial charge in [0.2, 0.25) is 0 Å². The fourth-order valence-corrected chi connectivity index (χ4v) is 2.29. The zero-order valence-electron chi connectivity index (χ0n) is 13.1. The number of nitrogens with zero attached hydrogens (tertiary/aromatic N) is 3. The lowest BCUT2D eigenvalue weighted by Gasteiger charge is -2.26. The second-order valence-electron chi connectivity index (χ2n) is 5.23. The van der Waals surface area contributed by atoms with E-state index >= 15 is 0 Å². The monoisotopic (exact) mass is 309 g/mol. The van der Waals surface area contributed by atoms with E-state index in [0.29, 0.717) is 32.1 Å². The number of urea groups is 1. The highest BCUT2D eigenvalue weighted by Crippen LogP contribution is 2.10. The summed E-state index contributed by atoms with van der Waals surface area (Å²) in [5, 5.41) is 9.84. The Morgan fingerprint density at radius 1 is 1.45 bits per heavy atom. The van der Waals surface area contributed by atoms with Crippen molar-refractivity contribution in [1.29, 1.82) is 0 Å². The highest BCUT2D eigenvalue weighted by Gasteiger charge is 2.19. The van der Waals surface area contributed by atoms with Crippen LogP contribution in [-0.4, -0.2) is 53.0 Å². The maximum Gasteiger partial charge on any atom is 0.409 e. The first-order chi connectivity index (χ1) is 10.6. The lowest BCUT2D eigenvalue weighted by Crippen LogP contribution is -2.43. The number of hydrogen-bond donors (Lipinski definition) is 2. The van der Waals surface area contributed by atoms with E-state index in [1.807, 2.05) is 13.0 Å². The number of ether oxygens (including phenoxy) is 1. The molecule has 8 heteroatoms. The van der Waals surface area contributed by atoms with Crippen LogP contribution in [0.15, 0.2) is 6.07 Å². The topological polar surface area (TPSA) is 88.5 Å². The molecule has 3 amide bonds. The standard InChI is InChI=1S/C14H23N5O3/c1-3-6-19-12(10-11(2)17-19)16-13(20)15-5-8-18-7-4-9-22-14(18)21/h10H,3-9H2,1-2H3,(H2,15,16,20). The Labute approximate surface area is 129 Å². The molecule has 2 rings (SSSR count). The maximum atomic E-state index is 11.9. The van der Waals surface area contributed by atoms with Crippen LogP contribution in [0.25, 0.3) is 0 Å². The summed E-state index contributed by atoms with van der Waals surface area (Å²) in [6.45, 7) is 6.66. The minimum absolute atomic E-state index is 0.303. The van der Waals surface area contributed by atoms with Gasteiger partial charge in [-0.05, 0) is 19.8 Å². The maximum absolute atomic E-state index is 11.9. The van der Waals surface area contributed by atoms with Crippen LogP contribution in [0.3, 0.4) is 0 Å². The summed E-state index contributed by atoms with van der Waals surface area (Å²) < 4.78 is 6.71. The van der Waals surface area contributed by atoms with E-state index in [4.69, 9.17) is 4.74 Å². The number of hydrogen-bond acceptors (Lipinski definition) is 4. The molecule has 0 unspecified atom stereocenters. The average Bonchev–Trinajstić information content (AvgIpc) is 2.81. The second-order valence-corrected chi connectivity index (χ2v) is 5.23. The number of anilines is 1. The molecule has 0 radical (unpaired) electrons. The molecular weight excluding hydrogens is 286 g/mol. The third kappa shape index (κ3) is 4.37. The largest absolute Gasteiger partial charge is 0.449 e. The van der Waals surface area contributed by atoms with E-state index < -0.39 is 0 Å². The number of cyclic esters (lactones) is 1. The van der Waals surface area contributed by atoms with Crippen molar-refractivity contribution in [3.05, 3.63) is 11.8 Å². The normalized spacial score (nSPS) is 14.6. The molecule has 122 valence electrons. The van der Waals surface area contributed by atoms with Crippen LogP contribution in [0, 0.1) is 6.92 Å². The smallest absolute Gasteiger partial charge is 0.409 e. The van der Waals surface area contributed by atoms with Crippen LogP contribution in [-0.2, 0) is 11.3 Å². The first-order valence-electron chi connectivity index (χ1n) is 7.61. The number of amides is 3. The van der Waals surface area contributed by atoms with Crippen molar-refractivity contribution < 1.29 is 14.3 Å². The van der Waals surface area contributed by atoms with Crippen molar-refractivity contribution in [1.82, 2.24) is 20.0 Å². The summed E-state index contributed by atoms with van der Waals surface area (Å²) in [6.07, 6.45) is 1.45. The minimum atomic E-state index is -0.315. The third-order valence-electron chi connectivity index (χ3n) is 3.30. The Morgan fingerprint density at radius 2 is 2.27 bits per heavy atom. The quantitative estimate of drug-likeness (QED) is 0.834. The van der Waals surface area contributed by atoms with Crippen molar-refractivity contribution >= 4 is 17.9 Å². The summed E-state index contributed by atoms with van der Waals surface area (Å²) in [4.78, 5) is 24.9. The number of aryl methyl sites for hydroxylation is 2. The molecule has 0 bridgehead atoms. The van der Waals surface area contributed by atoms with Crippen molar-refractivity contribution in [3.8, 4) is 0 Å². The Kier molecular flexibility index (Phi) is 5.62. The molecule has 8 nitrogen and oxygen atoms in total. The first-order valence-corrected chi connectivity index (χ1v) is 7.61. The van der Waals surface area contributed by atoms with Gasteiger partial charge in [-0.2, -0.15) is 5.10 Å². The molecule has 1 fully saturated rings. The van der Waals surface area contributed by atoms with Crippen molar-refractivity contribution in [2.45, 2.75) is 33.2 Å². The molecule has 0 saturated carbocycles. The molecule has 0 aliphatic carbocycles. The lowest BCUT2D eigenvalue weighted by molar-refractivity contribution is 0.0736. The minimum Gasteiger partial charge on any atom is -0.449 e. The molecule has 1 aliphatic heterocycles. The molecule has 1 saturated heterocycles. The summed E-state index contributed by atoms with van der Waals surface area (Å²) >= 11 is 0. The molecule has 1 aromatic rings. The van der Waals surface area contributed by atoms with Gasteiger partial charge in [0.15, 0.2) is 0 Å². The molecule has 2 N–H and O–H groups in total. The predicted octanol–water partition coefficient (Wildman–Crippen LogP) is 1.57. The van der Waals surface area contributed by atoms with Crippen LogP contribution in [0.5, 0.6) is 0 Å². The van der Waals surface area contributed by atoms with E-state index in [9.17, 15) is 9.59 Å². The van der Waals surface area contributed by atoms with Crippen molar-refractivity contribution in [2.24, 2.45) is 0 Å². The number of carbonyl (C=O) groups excluding carboxylic acids is 2. The Balaban J connectivity index is 1.77. The molecule has 1 aliphatic rings. The molecule has 0 atom stereocenters. The summed E-state index contributed by atoms with van der Waals surface area (Å²) in [5.74, 6) is 0.675. The number of rotatable bonds is 6. The van der Waals surface area contributed by atoms with Gasteiger partial charge in [0.1, 0.15) is 5.82 Å². The Bertz CT molecular complexity index is 529. The second kappa shape index (κ2) is 7.67. The summed E-state index contributed by atoms with van der Waals surface area (Å²) in [7, 11) is 0. The predicted molar refractivity (Wildman–Crippen MR) is 81.8 cm³/mol. The summed E-state index contributed by atoms with van der Waals surface area (Å²) in [5.41, 5.74) is 0.861. The zero-order chi connectivity index (χ0) is 15.9. The average molecular weight is 309 g/mol. The van der Waals surface area contributed by atoms with Gasteiger partial charge in [0.05, 0.1) is 12.3 Å². The van der Waals surface area contributed by atoms with Crippen LogP contribution < -0.4 is 10.6 Å². The van der Waals surface area contributed by atoms with Crippen molar-refractivity contribution in [2.75, 3.05) is 31.6 Å². The van der Waals surface area contributed by atoms with Gasteiger partial charge in [-0.25, -0.2) is 14.3 Å². The number of aromatic nitrogens is 2. The van der Waals surface area contributed by atoms with E-state index in [1.54, 1.807) is 9.58 Å². The number of carbonyl (C=O) groups is 2. The van der Waals surface area contributed by atoms with Gasteiger partial charge in [0, 0.05) is 32.2 Å². The van der Waals surface area contributed by atoms with Gasteiger partial charge in [-0.1, -0.05) is 6.92 Å². The van der Waals surface area contributed by atoms with E-state index in [1.165, 1.54) is 0 Å². The Hall–Kier alpha value is -2.25. The molecule has 0 spiro atoms. The molecular formula is C14H23N5O3. The van der Waals surface area contributed by atoms with E-state index in [2.05, 4.69) is 22.7 Å². The van der Waals surface area contributed by atoms with Crippen LogP contribution in [0.2, 0.25) is 0 Å². The summed E-state index contributed by atoms with van der Waals surface area (Å²) in [6, 6.07) is 1.53. The molecule has 2 heterocycles. The Morgan fingerprint density at radius 3 is 3.00 bits per heavy atom. The number of nitrogens with one attached hydrogen (secondary N) is 2. The molecule has 22 heavy (non-hydrogen) atoms. The van der Waals surface area contributed by atoms with E-state index in [0.717, 1.165) is 25.1 Å². The van der Waals surface area contributed by atoms with Crippen LogP contribution >= 0.6 is 0 Å². The van der Waals surface area contributed by atoms with Crippen LogP contribution in [0.4, 0.5) is 15.4 Å². The SMILES string of the molecule is CCCn1nc(C)cc1NC(=O)NCCN1CCCOC1=O. The van der Waals surface area contributed by atoms with Crippen molar-refractivity contribution in [3.63, 3.8) is 0 Å².